The van der Waals surface area contributed by atoms with E-state index < -0.39 is 28.9 Å². The molecule has 78 valence electrons. The minimum absolute atomic E-state index is 0.393. The maximum Gasteiger partial charge on any atom is 0.273 e. The predicted octanol–water partition coefficient (Wildman–Crippen LogP) is 3.09. The second-order valence-corrected chi connectivity index (χ2v) is 2.85. The summed E-state index contributed by atoms with van der Waals surface area (Å²) >= 11 is 0. The Morgan fingerprint density at radius 3 is 2.14 bits per heavy atom. The zero-order valence-corrected chi connectivity index (χ0v) is 7.57. The van der Waals surface area contributed by atoms with Gasteiger partial charge in [-0.15, -0.1) is 0 Å². The molecule has 0 bridgehead atoms. The van der Waals surface area contributed by atoms with Crippen LogP contribution in [0.25, 0.3) is 0 Å². The van der Waals surface area contributed by atoms with Gasteiger partial charge in [-0.1, -0.05) is 0 Å². The zero-order chi connectivity index (χ0) is 10.9. The first-order valence-corrected chi connectivity index (χ1v) is 3.77. The number of methoxy groups -OCH3 is 1. The molecule has 0 amide bonds. The van der Waals surface area contributed by atoms with Gasteiger partial charge >= 0.3 is 0 Å². The quantitative estimate of drug-likeness (QED) is 0.678. The molecule has 1 rings (SSSR count). The van der Waals surface area contributed by atoms with E-state index in [9.17, 15) is 17.6 Å². The van der Waals surface area contributed by atoms with Gasteiger partial charge in [0.1, 0.15) is 5.82 Å². The van der Waals surface area contributed by atoms with Crippen molar-refractivity contribution in [2.45, 2.75) is 12.8 Å². The van der Waals surface area contributed by atoms with Crippen LogP contribution in [0.2, 0.25) is 0 Å². The molecule has 0 aliphatic heterocycles. The number of ether oxygens (including phenoxy) is 1. The molecule has 1 aromatic carbocycles. The van der Waals surface area contributed by atoms with Gasteiger partial charge in [0.25, 0.3) is 5.92 Å². The Balaban J connectivity index is 3.29. The van der Waals surface area contributed by atoms with E-state index >= 15 is 0 Å². The summed E-state index contributed by atoms with van der Waals surface area (Å²) in [7, 11) is 1.13. The minimum Gasteiger partial charge on any atom is -0.494 e. The van der Waals surface area contributed by atoms with Gasteiger partial charge in [-0.2, -0.15) is 0 Å². The SMILES string of the molecule is COc1cc(F)c(C(C)(F)F)cc1F. The van der Waals surface area contributed by atoms with Crippen molar-refractivity contribution in [1.82, 2.24) is 0 Å². The summed E-state index contributed by atoms with van der Waals surface area (Å²) in [4.78, 5) is 0. The number of halogens is 4. The first kappa shape index (κ1) is 10.8. The van der Waals surface area contributed by atoms with Crippen molar-refractivity contribution in [2.24, 2.45) is 0 Å². The Morgan fingerprint density at radius 1 is 1.14 bits per heavy atom. The third-order valence-corrected chi connectivity index (χ3v) is 1.71. The maximum atomic E-state index is 13.0. The van der Waals surface area contributed by atoms with Crippen LogP contribution in [-0.2, 0) is 5.92 Å². The smallest absolute Gasteiger partial charge is 0.273 e. The average Bonchev–Trinajstić information content (AvgIpc) is 2.06. The monoisotopic (exact) mass is 208 g/mol. The van der Waals surface area contributed by atoms with Gasteiger partial charge in [0.15, 0.2) is 11.6 Å². The van der Waals surface area contributed by atoms with Gasteiger partial charge in [0.2, 0.25) is 0 Å². The van der Waals surface area contributed by atoms with Crippen molar-refractivity contribution in [1.29, 1.82) is 0 Å². The number of alkyl halides is 2. The number of rotatable bonds is 2. The fourth-order valence-electron chi connectivity index (χ4n) is 1.02. The number of hydrogen-bond donors (Lipinski definition) is 0. The Labute approximate surface area is 78.3 Å². The summed E-state index contributed by atoms with van der Waals surface area (Å²) in [6.07, 6.45) is 0. The highest BCUT2D eigenvalue weighted by Crippen LogP contribution is 2.32. The normalized spacial score (nSPS) is 11.6. The molecular weight excluding hydrogens is 200 g/mol. The Hall–Kier alpha value is -1.26. The second kappa shape index (κ2) is 3.48. The molecule has 0 saturated heterocycles. The molecule has 0 heterocycles. The van der Waals surface area contributed by atoms with Crippen LogP contribution < -0.4 is 4.74 Å². The standard InChI is InChI=1S/C9H8F4O/c1-9(12,13)5-3-7(11)8(14-2)4-6(5)10/h3-4H,1-2H3. The van der Waals surface area contributed by atoms with E-state index in [1.54, 1.807) is 0 Å². The fraction of sp³-hybridized carbons (Fsp3) is 0.333. The van der Waals surface area contributed by atoms with Crippen molar-refractivity contribution in [3.8, 4) is 5.75 Å². The second-order valence-electron chi connectivity index (χ2n) is 2.85. The lowest BCUT2D eigenvalue weighted by Crippen LogP contribution is -2.10. The van der Waals surface area contributed by atoms with Crippen molar-refractivity contribution in [3.05, 3.63) is 29.3 Å². The highest BCUT2D eigenvalue weighted by Gasteiger charge is 2.29. The molecule has 5 heteroatoms. The molecule has 0 unspecified atom stereocenters. The van der Waals surface area contributed by atoms with Crippen molar-refractivity contribution in [3.63, 3.8) is 0 Å². The van der Waals surface area contributed by atoms with Crippen LogP contribution in [0.4, 0.5) is 17.6 Å². The molecule has 0 saturated carbocycles. The van der Waals surface area contributed by atoms with Crippen molar-refractivity contribution < 1.29 is 22.3 Å². The summed E-state index contributed by atoms with van der Waals surface area (Å²) in [5, 5.41) is 0. The first-order chi connectivity index (χ1) is 6.36. The maximum absolute atomic E-state index is 13.0. The van der Waals surface area contributed by atoms with E-state index in [-0.39, 0.29) is 0 Å². The molecule has 1 nitrogen and oxygen atoms in total. The van der Waals surface area contributed by atoms with Crippen LogP contribution in [0, 0.1) is 11.6 Å². The molecule has 0 N–H and O–H groups in total. The Kier molecular flexibility index (Phi) is 2.69. The molecule has 0 atom stereocenters. The summed E-state index contributed by atoms with van der Waals surface area (Å²) < 4.78 is 55.7. The molecular formula is C9H8F4O. The van der Waals surface area contributed by atoms with E-state index in [4.69, 9.17) is 0 Å². The number of benzene rings is 1. The van der Waals surface area contributed by atoms with E-state index in [0.717, 1.165) is 7.11 Å². The van der Waals surface area contributed by atoms with Gasteiger partial charge in [-0.05, 0) is 6.07 Å². The van der Waals surface area contributed by atoms with E-state index in [1.807, 2.05) is 0 Å². The van der Waals surface area contributed by atoms with Crippen LogP contribution >= 0.6 is 0 Å². The summed E-state index contributed by atoms with van der Waals surface area (Å²) in [5.41, 5.74) is -0.976. The van der Waals surface area contributed by atoms with Crippen LogP contribution in [0.1, 0.15) is 12.5 Å². The van der Waals surface area contributed by atoms with Crippen LogP contribution in [0.3, 0.4) is 0 Å². The van der Waals surface area contributed by atoms with E-state index in [2.05, 4.69) is 4.74 Å². The summed E-state index contributed by atoms with van der Waals surface area (Å²) in [6.45, 7) is 0.497. The third kappa shape index (κ3) is 1.97. The zero-order valence-electron chi connectivity index (χ0n) is 7.57. The Bertz CT molecular complexity index is 343. The lowest BCUT2D eigenvalue weighted by atomic mass is 10.1. The van der Waals surface area contributed by atoms with Crippen molar-refractivity contribution >= 4 is 0 Å². The summed E-state index contributed by atoms with van der Waals surface area (Å²) in [5.74, 6) is -5.99. The molecule has 14 heavy (non-hydrogen) atoms. The van der Waals surface area contributed by atoms with Crippen LogP contribution in [0.5, 0.6) is 5.75 Å². The lowest BCUT2D eigenvalue weighted by Gasteiger charge is -2.12. The van der Waals surface area contributed by atoms with Crippen molar-refractivity contribution in [2.75, 3.05) is 7.11 Å². The lowest BCUT2D eigenvalue weighted by molar-refractivity contribution is 0.0133. The van der Waals surface area contributed by atoms with Gasteiger partial charge in [-0.25, -0.2) is 17.6 Å². The average molecular weight is 208 g/mol. The van der Waals surface area contributed by atoms with Crippen LogP contribution in [0.15, 0.2) is 12.1 Å². The van der Waals surface area contributed by atoms with Gasteiger partial charge < -0.3 is 4.74 Å². The van der Waals surface area contributed by atoms with Crippen LogP contribution in [-0.4, -0.2) is 7.11 Å². The largest absolute Gasteiger partial charge is 0.494 e. The molecule has 0 aliphatic carbocycles. The molecule has 0 aromatic heterocycles. The minimum atomic E-state index is -3.41. The summed E-state index contributed by atoms with van der Waals surface area (Å²) in [6, 6.07) is 1.04. The first-order valence-electron chi connectivity index (χ1n) is 3.77. The van der Waals surface area contributed by atoms with E-state index in [0.29, 0.717) is 19.1 Å². The molecule has 0 spiro atoms. The van der Waals surface area contributed by atoms with Gasteiger partial charge in [0.05, 0.1) is 12.7 Å². The highest BCUT2D eigenvalue weighted by atomic mass is 19.3. The third-order valence-electron chi connectivity index (χ3n) is 1.71. The molecule has 1 aromatic rings. The topological polar surface area (TPSA) is 9.23 Å². The highest BCUT2D eigenvalue weighted by molar-refractivity contribution is 5.32. The number of hydrogen-bond acceptors (Lipinski definition) is 1. The van der Waals surface area contributed by atoms with E-state index in [1.165, 1.54) is 0 Å². The fourth-order valence-corrected chi connectivity index (χ4v) is 1.02. The van der Waals surface area contributed by atoms with Gasteiger partial charge in [0, 0.05) is 13.0 Å². The molecule has 0 radical (unpaired) electrons. The molecule has 0 fully saturated rings. The molecule has 0 aliphatic rings. The Morgan fingerprint density at radius 2 is 1.71 bits per heavy atom. The van der Waals surface area contributed by atoms with Gasteiger partial charge in [-0.3, -0.25) is 0 Å². The predicted molar refractivity (Wildman–Crippen MR) is 42.5 cm³/mol.